The maximum absolute atomic E-state index is 12.4. The summed E-state index contributed by atoms with van der Waals surface area (Å²) in [5.41, 5.74) is 7.72. The third-order valence-electron chi connectivity index (χ3n) is 6.06. The highest BCUT2D eigenvalue weighted by atomic mass is 16.7. The van der Waals surface area contributed by atoms with Crippen molar-refractivity contribution in [3.8, 4) is 0 Å². The van der Waals surface area contributed by atoms with Crippen LogP contribution in [0.5, 0.6) is 0 Å². The SMILES string of the molecule is CC(=O)NCC1C(O)CC(O)(C(=O)O)OC1C[C@H](O)COC(=O)[C@H](N)Cc1c[nH]c2ccccc12. The first-order valence-corrected chi connectivity index (χ1v) is 11.2. The number of fused-ring (bicyclic) bond motifs is 1. The minimum atomic E-state index is -2.66. The summed E-state index contributed by atoms with van der Waals surface area (Å²) in [6.45, 7) is 0.736. The number of rotatable bonds is 10. The Morgan fingerprint density at radius 3 is 2.74 bits per heavy atom. The minimum absolute atomic E-state index is 0.0706. The van der Waals surface area contributed by atoms with E-state index in [1.165, 1.54) is 6.92 Å². The Kier molecular flexibility index (Phi) is 8.46. The molecule has 8 N–H and O–H groups in total. The molecule has 1 aliphatic rings. The highest BCUT2D eigenvalue weighted by Gasteiger charge is 2.51. The number of amides is 1. The van der Waals surface area contributed by atoms with Gasteiger partial charge in [-0.3, -0.25) is 9.59 Å². The Morgan fingerprint density at radius 1 is 1.34 bits per heavy atom. The largest absolute Gasteiger partial charge is 0.477 e. The van der Waals surface area contributed by atoms with E-state index in [9.17, 15) is 34.8 Å². The van der Waals surface area contributed by atoms with Crippen LogP contribution in [-0.2, 0) is 30.3 Å². The van der Waals surface area contributed by atoms with Crippen molar-refractivity contribution in [2.45, 2.75) is 56.3 Å². The van der Waals surface area contributed by atoms with Crippen LogP contribution in [0, 0.1) is 5.92 Å². The van der Waals surface area contributed by atoms with Gasteiger partial charge in [-0.15, -0.1) is 0 Å². The zero-order chi connectivity index (χ0) is 25.8. The van der Waals surface area contributed by atoms with E-state index < -0.39 is 61.0 Å². The molecular weight excluding hydrogens is 462 g/mol. The number of H-pyrrole nitrogens is 1. The molecule has 1 saturated heterocycles. The molecule has 0 radical (unpaired) electrons. The molecule has 192 valence electrons. The van der Waals surface area contributed by atoms with Crippen LogP contribution in [0.3, 0.4) is 0 Å². The summed E-state index contributed by atoms with van der Waals surface area (Å²) in [5.74, 6) is -6.28. The molecule has 0 aliphatic carbocycles. The molecule has 1 fully saturated rings. The first kappa shape index (κ1) is 26.6. The zero-order valence-electron chi connectivity index (χ0n) is 19.2. The standard InChI is InChI=1S/C23H31N3O9/c1-12(27)25-10-16-19(29)8-23(33,22(31)32)35-20(16)7-14(28)11-34-21(30)17(24)6-13-9-26-18-5-3-2-4-15(13)18/h2-5,9,14,16-17,19-20,26,28-29,33H,6-8,10-11,24H2,1H3,(H,25,27)(H,31,32)/t14-,16?,17+,19?,20?,23?/m0/s1. The van der Waals surface area contributed by atoms with Crippen molar-refractivity contribution < 1.29 is 44.3 Å². The van der Waals surface area contributed by atoms with Crippen molar-refractivity contribution in [1.29, 1.82) is 0 Å². The summed E-state index contributed by atoms with van der Waals surface area (Å²) >= 11 is 0. The van der Waals surface area contributed by atoms with Crippen LogP contribution in [0.25, 0.3) is 10.9 Å². The summed E-state index contributed by atoms with van der Waals surface area (Å²) in [6.07, 6.45) is -2.72. The summed E-state index contributed by atoms with van der Waals surface area (Å²) in [7, 11) is 0. The van der Waals surface area contributed by atoms with Gasteiger partial charge in [-0.1, -0.05) is 18.2 Å². The van der Waals surface area contributed by atoms with Gasteiger partial charge in [0.25, 0.3) is 5.79 Å². The molecule has 0 spiro atoms. The number of carboxylic acids is 1. The van der Waals surface area contributed by atoms with E-state index >= 15 is 0 Å². The van der Waals surface area contributed by atoms with Gasteiger partial charge < -0.3 is 45.9 Å². The fourth-order valence-electron chi connectivity index (χ4n) is 4.20. The van der Waals surface area contributed by atoms with Crippen LogP contribution in [0.2, 0.25) is 0 Å². The molecule has 1 aliphatic heterocycles. The zero-order valence-corrected chi connectivity index (χ0v) is 19.2. The number of hydrogen-bond acceptors (Lipinski definition) is 9. The van der Waals surface area contributed by atoms with Crippen LogP contribution in [-0.4, -0.2) is 86.5 Å². The van der Waals surface area contributed by atoms with Crippen molar-refractivity contribution in [3.05, 3.63) is 36.0 Å². The molecule has 1 aromatic heterocycles. The number of nitrogens with one attached hydrogen (secondary N) is 2. The fraction of sp³-hybridized carbons (Fsp3) is 0.522. The number of aliphatic hydroxyl groups is 3. The molecule has 0 bridgehead atoms. The second-order valence-corrected chi connectivity index (χ2v) is 8.81. The number of para-hydroxylation sites is 1. The third-order valence-corrected chi connectivity index (χ3v) is 6.06. The van der Waals surface area contributed by atoms with Crippen LogP contribution in [0.15, 0.2) is 30.5 Å². The number of carbonyl (C=O) groups is 3. The number of aliphatic carboxylic acids is 1. The molecule has 0 saturated carbocycles. The van der Waals surface area contributed by atoms with E-state index in [-0.39, 0.29) is 25.3 Å². The van der Waals surface area contributed by atoms with Crippen LogP contribution in [0.1, 0.15) is 25.3 Å². The number of esters is 1. The highest BCUT2D eigenvalue weighted by molar-refractivity contribution is 5.84. The lowest BCUT2D eigenvalue weighted by molar-refractivity contribution is -0.287. The molecule has 35 heavy (non-hydrogen) atoms. The van der Waals surface area contributed by atoms with Crippen molar-refractivity contribution >= 4 is 28.7 Å². The summed E-state index contributed by atoms with van der Waals surface area (Å²) in [5, 5.41) is 43.8. The summed E-state index contributed by atoms with van der Waals surface area (Å²) in [4.78, 5) is 38.2. The molecule has 12 heteroatoms. The van der Waals surface area contributed by atoms with E-state index in [0.717, 1.165) is 16.5 Å². The molecule has 2 aromatic rings. The van der Waals surface area contributed by atoms with E-state index in [4.69, 9.17) is 15.2 Å². The van der Waals surface area contributed by atoms with E-state index in [0.29, 0.717) is 0 Å². The predicted molar refractivity (Wildman–Crippen MR) is 122 cm³/mol. The van der Waals surface area contributed by atoms with Crippen molar-refractivity contribution in [3.63, 3.8) is 0 Å². The van der Waals surface area contributed by atoms with Crippen molar-refractivity contribution in [1.82, 2.24) is 10.3 Å². The van der Waals surface area contributed by atoms with Crippen molar-refractivity contribution in [2.24, 2.45) is 11.7 Å². The Morgan fingerprint density at radius 2 is 2.06 bits per heavy atom. The smallest absolute Gasteiger partial charge is 0.364 e. The number of hydrogen-bond donors (Lipinski definition) is 7. The van der Waals surface area contributed by atoms with Gasteiger partial charge in [-0.05, 0) is 11.6 Å². The van der Waals surface area contributed by atoms with Gasteiger partial charge >= 0.3 is 11.9 Å². The topological polar surface area (TPSA) is 204 Å². The number of carboxylic acid groups (broad SMARTS) is 1. The maximum atomic E-state index is 12.4. The fourth-order valence-corrected chi connectivity index (χ4v) is 4.20. The average Bonchev–Trinajstić information content (AvgIpc) is 3.19. The molecule has 6 atom stereocenters. The van der Waals surface area contributed by atoms with E-state index in [2.05, 4.69) is 10.3 Å². The number of aromatic amines is 1. The van der Waals surface area contributed by atoms with Crippen LogP contribution < -0.4 is 11.1 Å². The number of aromatic nitrogens is 1. The second kappa shape index (κ2) is 11.1. The quantitative estimate of drug-likeness (QED) is 0.201. The lowest BCUT2D eigenvalue weighted by atomic mass is 9.84. The predicted octanol–water partition coefficient (Wildman–Crippen LogP) is -0.993. The number of ether oxygens (including phenoxy) is 2. The van der Waals surface area contributed by atoms with Crippen LogP contribution in [0.4, 0.5) is 0 Å². The Bertz CT molecular complexity index is 1060. The molecule has 1 aromatic carbocycles. The Hall–Kier alpha value is -3.03. The molecule has 12 nitrogen and oxygen atoms in total. The minimum Gasteiger partial charge on any atom is -0.477 e. The average molecular weight is 494 g/mol. The normalized spacial score (nSPS) is 26.1. The molecule has 1 amide bonds. The van der Waals surface area contributed by atoms with Gasteiger partial charge in [0.15, 0.2) is 0 Å². The lowest BCUT2D eigenvalue weighted by Gasteiger charge is -2.43. The Labute approximate surface area is 201 Å². The first-order chi connectivity index (χ1) is 16.5. The monoisotopic (exact) mass is 493 g/mol. The summed E-state index contributed by atoms with van der Waals surface area (Å²) in [6, 6.07) is 6.56. The third kappa shape index (κ3) is 6.55. The second-order valence-electron chi connectivity index (χ2n) is 8.81. The molecule has 2 heterocycles. The van der Waals surface area contributed by atoms with Gasteiger partial charge in [0.05, 0.1) is 18.3 Å². The van der Waals surface area contributed by atoms with E-state index in [1.54, 1.807) is 6.20 Å². The van der Waals surface area contributed by atoms with Gasteiger partial charge in [0.2, 0.25) is 5.91 Å². The number of carbonyl (C=O) groups excluding carboxylic acids is 2. The molecule has 4 unspecified atom stereocenters. The highest BCUT2D eigenvalue weighted by Crippen LogP contribution is 2.34. The number of benzene rings is 1. The van der Waals surface area contributed by atoms with Gasteiger partial charge in [0, 0.05) is 55.7 Å². The van der Waals surface area contributed by atoms with E-state index in [1.807, 2.05) is 24.3 Å². The number of nitrogens with two attached hydrogens (primary N) is 1. The Balaban J connectivity index is 1.57. The van der Waals surface area contributed by atoms with Gasteiger partial charge in [-0.2, -0.15) is 0 Å². The lowest BCUT2D eigenvalue weighted by Crippen LogP contribution is -2.58. The van der Waals surface area contributed by atoms with Gasteiger partial charge in [-0.25, -0.2) is 4.79 Å². The number of aliphatic hydroxyl groups excluding tert-OH is 2. The molecule has 3 rings (SSSR count). The van der Waals surface area contributed by atoms with Gasteiger partial charge in [0.1, 0.15) is 12.6 Å². The maximum Gasteiger partial charge on any atom is 0.364 e. The van der Waals surface area contributed by atoms with Crippen LogP contribution >= 0.6 is 0 Å². The summed E-state index contributed by atoms with van der Waals surface area (Å²) < 4.78 is 10.4. The first-order valence-electron chi connectivity index (χ1n) is 11.2. The van der Waals surface area contributed by atoms with Crippen molar-refractivity contribution in [2.75, 3.05) is 13.2 Å². The molecular formula is C23H31N3O9.